The Balaban J connectivity index is 1.68. The van der Waals surface area contributed by atoms with E-state index >= 15 is 0 Å². The summed E-state index contributed by atoms with van der Waals surface area (Å²) in [5.41, 5.74) is 5.79. The van der Waals surface area contributed by atoms with Gasteiger partial charge in [-0.25, -0.2) is 0 Å². The normalized spacial score (nSPS) is 31.6. The Morgan fingerprint density at radius 1 is 1.29 bits per heavy atom. The number of rotatable bonds is 4. The van der Waals surface area contributed by atoms with Crippen molar-refractivity contribution < 1.29 is 9.90 Å². The van der Waals surface area contributed by atoms with Gasteiger partial charge in [-0.15, -0.1) is 0 Å². The first-order valence-corrected chi connectivity index (χ1v) is 6.83. The van der Waals surface area contributed by atoms with E-state index in [1.165, 1.54) is 6.42 Å². The second-order valence-corrected chi connectivity index (χ2v) is 5.81. The van der Waals surface area contributed by atoms with Crippen LogP contribution in [0, 0.1) is 5.92 Å². The Morgan fingerprint density at radius 3 is 2.59 bits per heavy atom. The number of amides is 1. The van der Waals surface area contributed by atoms with Gasteiger partial charge >= 0.3 is 0 Å². The van der Waals surface area contributed by atoms with Gasteiger partial charge in [0.2, 0.25) is 5.91 Å². The van der Waals surface area contributed by atoms with E-state index < -0.39 is 0 Å². The van der Waals surface area contributed by atoms with Crippen molar-refractivity contribution in [2.24, 2.45) is 11.7 Å². The first-order chi connectivity index (χ1) is 8.09. The summed E-state index contributed by atoms with van der Waals surface area (Å²) in [7, 11) is 0. The second-order valence-electron chi connectivity index (χ2n) is 5.81. The molecular formula is C13H24N2O2. The highest BCUT2D eigenvalue weighted by atomic mass is 16.3. The molecule has 1 amide bonds. The van der Waals surface area contributed by atoms with Gasteiger partial charge in [0.1, 0.15) is 0 Å². The van der Waals surface area contributed by atoms with Gasteiger partial charge in [-0.2, -0.15) is 0 Å². The molecule has 2 saturated carbocycles. The Labute approximate surface area is 103 Å². The van der Waals surface area contributed by atoms with Crippen LogP contribution in [0.4, 0.5) is 0 Å². The number of aliphatic hydroxyl groups is 1. The van der Waals surface area contributed by atoms with Crippen LogP contribution in [-0.4, -0.2) is 29.2 Å². The Morgan fingerprint density at radius 2 is 2.00 bits per heavy atom. The SMILES string of the molecule is NC1(CC(=O)NCC2CCCCC2O)CCC1. The molecule has 2 fully saturated rings. The molecule has 0 aromatic heterocycles. The molecule has 2 rings (SSSR count). The summed E-state index contributed by atoms with van der Waals surface area (Å²) in [5.74, 6) is 0.285. The average Bonchev–Trinajstić information content (AvgIpc) is 2.26. The molecule has 0 spiro atoms. The largest absolute Gasteiger partial charge is 0.393 e. The molecule has 4 nitrogen and oxygen atoms in total. The lowest BCUT2D eigenvalue weighted by molar-refractivity contribution is -0.123. The molecule has 17 heavy (non-hydrogen) atoms. The van der Waals surface area contributed by atoms with E-state index in [0.717, 1.165) is 38.5 Å². The van der Waals surface area contributed by atoms with Crippen molar-refractivity contribution in [1.82, 2.24) is 5.32 Å². The third kappa shape index (κ3) is 3.42. The molecule has 98 valence electrons. The molecule has 2 unspecified atom stereocenters. The van der Waals surface area contributed by atoms with Gasteiger partial charge in [0, 0.05) is 24.4 Å². The van der Waals surface area contributed by atoms with Crippen LogP contribution in [0.1, 0.15) is 51.4 Å². The predicted octanol–water partition coefficient (Wildman–Crippen LogP) is 0.925. The highest BCUT2D eigenvalue weighted by Gasteiger charge is 2.34. The van der Waals surface area contributed by atoms with Gasteiger partial charge in [-0.1, -0.05) is 12.8 Å². The zero-order valence-corrected chi connectivity index (χ0v) is 10.5. The molecule has 0 heterocycles. The number of carbonyl (C=O) groups excluding carboxylic acids is 1. The Kier molecular flexibility index (Phi) is 4.05. The molecule has 2 atom stereocenters. The summed E-state index contributed by atoms with van der Waals surface area (Å²) in [5, 5.41) is 12.7. The van der Waals surface area contributed by atoms with Crippen LogP contribution in [0.2, 0.25) is 0 Å². The van der Waals surface area contributed by atoms with Gasteiger partial charge in [-0.3, -0.25) is 4.79 Å². The molecule has 2 aliphatic rings. The molecule has 2 aliphatic carbocycles. The molecule has 0 radical (unpaired) electrons. The summed E-state index contributed by atoms with van der Waals surface area (Å²) in [6.45, 7) is 0.607. The summed E-state index contributed by atoms with van der Waals surface area (Å²) >= 11 is 0. The minimum Gasteiger partial charge on any atom is -0.393 e. The molecule has 0 bridgehead atoms. The van der Waals surface area contributed by atoms with Crippen molar-refractivity contribution in [2.75, 3.05) is 6.54 Å². The van der Waals surface area contributed by atoms with Crippen molar-refractivity contribution in [3.8, 4) is 0 Å². The summed E-state index contributed by atoms with van der Waals surface area (Å²) in [6.07, 6.45) is 7.45. The molecule has 0 aliphatic heterocycles. The fourth-order valence-corrected chi connectivity index (χ4v) is 2.86. The number of carbonyl (C=O) groups is 1. The van der Waals surface area contributed by atoms with Crippen LogP contribution >= 0.6 is 0 Å². The minimum absolute atomic E-state index is 0.0463. The van der Waals surface area contributed by atoms with Crippen LogP contribution in [0.3, 0.4) is 0 Å². The monoisotopic (exact) mass is 240 g/mol. The summed E-state index contributed by atoms with van der Waals surface area (Å²) < 4.78 is 0. The lowest BCUT2D eigenvalue weighted by Crippen LogP contribution is -2.50. The van der Waals surface area contributed by atoms with Crippen LogP contribution in [0.25, 0.3) is 0 Å². The third-order valence-corrected chi connectivity index (χ3v) is 4.29. The number of nitrogens with two attached hydrogens (primary N) is 1. The fraction of sp³-hybridized carbons (Fsp3) is 0.923. The van der Waals surface area contributed by atoms with E-state index in [0.29, 0.717) is 13.0 Å². The minimum atomic E-state index is -0.241. The van der Waals surface area contributed by atoms with Gasteiger partial charge in [0.15, 0.2) is 0 Å². The first kappa shape index (κ1) is 12.8. The number of nitrogens with one attached hydrogen (secondary N) is 1. The first-order valence-electron chi connectivity index (χ1n) is 6.83. The van der Waals surface area contributed by atoms with E-state index in [9.17, 15) is 9.90 Å². The molecule has 4 heteroatoms. The van der Waals surface area contributed by atoms with Gasteiger partial charge in [0.05, 0.1) is 6.10 Å². The van der Waals surface area contributed by atoms with Crippen LogP contribution in [0.15, 0.2) is 0 Å². The fourth-order valence-electron chi connectivity index (χ4n) is 2.86. The van der Waals surface area contributed by atoms with E-state index in [4.69, 9.17) is 5.73 Å². The molecular weight excluding hydrogens is 216 g/mol. The Bertz CT molecular complexity index is 277. The predicted molar refractivity (Wildman–Crippen MR) is 66.4 cm³/mol. The zero-order valence-electron chi connectivity index (χ0n) is 10.5. The Hall–Kier alpha value is -0.610. The van der Waals surface area contributed by atoms with Crippen molar-refractivity contribution in [2.45, 2.75) is 63.0 Å². The maximum atomic E-state index is 11.7. The van der Waals surface area contributed by atoms with Crippen LogP contribution < -0.4 is 11.1 Å². The highest BCUT2D eigenvalue weighted by Crippen LogP contribution is 2.32. The number of aliphatic hydroxyl groups excluding tert-OH is 1. The maximum absolute atomic E-state index is 11.7. The van der Waals surface area contributed by atoms with E-state index in [2.05, 4.69) is 5.32 Å². The second kappa shape index (κ2) is 5.36. The topological polar surface area (TPSA) is 75.4 Å². The van der Waals surface area contributed by atoms with E-state index in [-0.39, 0.29) is 23.5 Å². The molecule has 0 saturated heterocycles. The lowest BCUT2D eigenvalue weighted by atomic mass is 9.75. The van der Waals surface area contributed by atoms with Crippen molar-refractivity contribution in [1.29, 1.82) is 0 Å². The van der Waals surface area contributed by atoms with Crippen LogP contribution in [0.5, 0.6) is 0 Å². The van der Waals surface area contributed by atoms with Gasteiger partial charge < -0.3 is 16.2 Å². The summed E-state index contributed by atoms with van der Waals surface area (Å²) in [4.78, 5) is 11.7. The third-order valence-electron chi connectivity index (χ3n) is 4.29. The summed E-state index contributed by atoms with van der Waals surface area (Å²) in [6, 6.07) is 0. The van der Waals surface area contributed by atoms with E-state index in [1.54, 1.807) is 0 Å². The van der Waals surface area contributed by atoms with Crippen molar-refractivity contribution >= 4 is 5.91 Å². The molecule has 0 aromatic carbocycles. The lowest BCUT2D eigenvalue weighted by Gasteiger charge is -2.37. The van der Waals surface area contributed by atoms with E-state index in [1.807, 2.05) is 0 Å². The number of hydrogen-bond donors (Lipinski definition) is 3. The van der Waals surface area contributed by atoms with Gasteiger partial charge in [-0.05, 0) is 32.1 Å². The molecule has 4 N–H and O–H groups in total. The molecule has 0 aromatic rings. The highest BCUT2D eigenvalue weighted by molar-refractivity contribution is 5.77. The standard InChI is InChI=1S/C13H24N2O2/c14-13(6-3-7-13)8-12(17)15-9-10-4-1-2-5-11(10)16/h10-11,16H,1-9,14H2,(H,15,17). The van der Waals surface area contributed by atoms with Crippen LogP contribution in [-0.2, 0) is 4.79 Å². The average molecular weight is 240 g/mol. The van der Waals surface area contributed by atoms with Crippen molar-refractivity contribution in [3.05, 3.63) is 0 Å². The zero-order chi connectivity index (χ0) is 12.3. The van der Waals surface area contributed by atoms with Crippen molar-refractivity contribution in [3.63, 3.8) is 0 Å². The van der Waals surface area contributed by atoms with Gasteiger partial charge in [0.25, 0.3) is 0 Å². The number of hydrogen-bond acceptors (Lipinski definition) is 3. The smallest absolute Gasteiger partial charge is 0.221 e. The quantitative estimate of drug-likeness (QED) is 0.684. The maximum Gasteiger partial charge on any atom is 0.221 e.